The van der Waals surface area contributed by atoms with Gasteiger partial charge in [0.15, 0.2) is 0 Å². The molecule has 2 aromatic rings. The standard InChI is InChI=1S/C22H30N4O5S/c1-30-18-6-4-17(5-7-18)21(25-10-12-31-13-11-25)16-24-32(28,29)19-14-20(23-15-19)22(27)26-8-2-3-9-26/h4-7,14-15,21,23-24H,2-3,8-13,16H2,1H3. The van der Waals surface area contributed by atoms with Gasteiger partial charge in [-0.05, 0) is 36.6 Å². The summed E-state index contributed by atoms with van der Waals surface area (Å²) in [5.74, 6) is 0.589. The zero-order valence-corrected chi connectivity index (χ0v) is 19.1. The fourth-order valence-corrected chi connectivity index (χ4v) is 5.22. The van der Waals surface area contributed by atoms with Crippen molar-refractivity contribution in [3.63, 3.8) is 0 Å². The maximum Gasteiger partial charge on any atom is 0.270 e. The van der Waals surface area contributed by atoms with E-state index in [9.17, 15) is 13.2 Å². The summed E-state index contributed by atoms with van der Waals surface area (Å²) in [6.07, 6.45) is 3.34. The molecule has 174 valence electrons. The van der Waals surface area contributed by atoms with E-state index >= 15 is 0 Å². The van der Waals surface area contributed by atoms with E-state index in [4.69, 9.17) is 9.47 Å². The molecule has 0 spiro atoms. The Hall–Kier alpha value is -2.40. The summed E-state index contributed by atoms with van der Waals surface area (Å²) in [5.41, 5.74) is 1.29. The lowest BCUT2D eigenvalue weighted by atomic mass is 10.0. The normalized spacial score (nSPS) is 18.6. The van der Waals surface area contributed by atoms with Crippen LogP contribution in [-0.4, -0.2) is 82.2 Å². The molecule has 3 heterocycles. The minimum atomic E-state index is -3.79. The number of carbonyl (C=O) groups excluding carboxylic acids is 1. The molecule has 1 aromatic heterocycles. The van der Waals surface area contributed by atoms with E-state index in [1.807, 2.05) is 24.3 Å². The number of likely N-dealkylation sites (tertiary alicyclic amines) is 1. The van der Waals surface area contributed by atoms with E-state index in [2.05, 4.69) is 14.6 Å². The van der Waals surface area contributed by atoms with Crippen molar-refractivity contribution in [3.05, 3.63) is 47.8 Å². The summed E-state index contributed by atoms with van der Waals surface area (Å²) in [7, 11) is -2.17. The van der Waals surface area contributed by atoms with Crippen molar-refractivity contribution in [2.75, 3.05) is 53.0 Å². The van der Waals surface area contributed by atoms with Gasteiger partial charge in [-0.2, -0.15) is 0 Å². The molecule has 1 unspecified atom stereocenters. The highest BCUT2D eigenvalue weighted by atomic mass is 32.2. The number of amides is 1. The number of carbonyl (C=O) groups is 1. The van der Waals surface area contributed by atoms with Crippen LogP contribution in [0.25, 0.3) is 0 Å². The lowest BCUT2D eigenvalue weighted by molar-refractivity contribution is 0.0172. The highest BCUT2D eigenvalue weighted by Gasteiger charge is 2.27. The Morgan fingerprint density at radius 3 is 2.50 bits per heavy atom. The first-order valence-electron chi connectivity index (χ1n) is 10.9. The summed E-state index contributed by atoms with van der Waals surface area (Å²) < 4.78 is 39.4. The number of aromatic nitrogens is 1. The van der Waals surface area contributed by atoms with Crippen LogP contribution in [0.15, 0.2) is 41.4 Å². The molecule has 10 heteroatoms. The van der Waals surface area contributed by atoms with Gasteiger partial charge in [0.1, 0.15) is 16.3 Å². The van der Waals surface area contributed by atoms with Gasteiger partial charge in [0.05, 0.1) is 20.3 Å². The minimum Gasteiger partial charge on any atom is -0.497 e. The molecule has 2 fully saturated rings. The monoisotopic (exact) mass is 462 g/mol. The van der Waals surface area contributed by atoms with E-state index in [0.717, 1.165) is 37.2 Å². The molecule has 4 rings (SSSR count). The topological polar surface area (TPSA) is 104 Å². The molecule has 0 aliphatic carbocycles. The zero-order chi connectivity index (χ0) is 22.6. The van der Waals surface area contributed by atoms with Gasteiger partial charge in [-0.15, -0.1) is 0 Å². The number of hydrogen-bond donors (Lipinski definition) is 2. The molecule has 2 N–H and O–H groups in total. The van der Waals surface area contributed by atoms with Gasteiger partial charge in [0, 0.05) is 45.0 Å². The van der Waals surface area contributed by atoms with E-state index in [-0.39, 0.29) is 23.4 Å². The van der Waals surface area contributed by atoms with Crippen molar-refractivity contribution in [1.82, 2.24) is 19.5 Å². The molecule has 2 aliphatic rings. The van der Waals surface area contributed by atoms with Gasteiger partial charge in [-0.3, -0.25) is 9.69 Å². The molecule has 1 aromatic carbocycles. The van der Waals surface area contributed by atoms with Crippen molar-refractivity contribution in [1.29, 1.82) is 0 Å². The molecule has 2 aliphatic heterocycles. The third-order valence-electron chi connectivity index (χ3n) is 6.04. The number of H-pyrrole nitrogens is 1. The molecule has 9 nitrogen and oxygen atoms in total. The largest absolute Gasteiger partial charge is 0.497 e. The van der Waals surface area contributed by atoms with Crippen LogP contribution < -0.4 is 9.46 Å². The van der Waals surface area contributed by atoms with Crippen LogP contribution >= 0.6 is 0 Å². The molecular weight excluding hydrogens is 432 g/mol. The molecule has 2 saturated heterocycles. The summed E-state index contributed by atoms with van der Waals surface area (Å²) in [6, 6.07) is 8.93. The Morgan fingerprint density at radius 1 is 1.16 bits per heavy atom. The van der Waals surface area contributed by atoms with Gasteiger partial charge in [-0.1, -0.05) is 12.1 Å². The van der Waals surface area contributed by atoms with Crippen LogP contribution in [0.4, 0.5) is 0 Å². The fraction of sp³-hybridized carbons (Fsp3) is 0.500. The summed E-state index contributed by atoms with van der Waals surface area (Å²) >= 11 is 0. The average Bonchev–Trinajstić information content (AvgIpc) is 3.53. The third-order valence-corrected chi connectivity index (χ3v) is 7.45. The predicted molar refractivity (Wildman–Crippen MR) is 119 cm³/mol. The number of morpholine rings is 1. The second kappa shape index (κ2) is 10.0. The van der Waals surface area contributed by atoms with E-state index in [1.165, 1.54) is 12.3 Å². The molecular formula is C22H30N4O5S. The van der Waals surface area contributed by atoms with Gasteiger partial charge >= 0.3 is 0 Å². The van der Waals surface area contributed by atoms with E-state index in [1.54, 1.807) is 12.0 Å². The van der Waals surface area contributed by atoms with Crippen LogP contribution in [0.3, 0.4) is 0 Å². The fourth-order valence-electron chi connectivity index (χ4n) is 4.19. The van der Waals surface area contributed by atoms with Gasteiger partial charge in [0.25, 0.3) is 5.91 Å². The Kier molecular flexibility index (Phi) is 7.14. The Bertz CT molecular complexity index is 1010. The summed E-state index contributed by atoms with van der Waals surface area (Å²) in [5, 5.41) is 0. The maximum absolute atomic E-state index is 13.0. The number of ether oxygens (including phenoxy) is 2. The number of nitrogens with one attached hydrogen (secondary N) is 2. The number of aromatic amines is 1. The van der Waals surface area contributed by atoms with Gasteiger partial charge in [-0.25, -0.2) is 13.1 Å². The lowest BCUT2D eigenvalue weighted by Crippen LogP contribution is -2.43. The highest BCUT2D eigenvalue weighted by molar-refractivity contribution is 7.89. The Labute approximate surface area is 188 Å². The minimum absolute atomic E-state index is 0.0653. The average molecular weight is 463 g/mol. The van der Waals surface area contributed by atoms with Crippen molar-refractivity contribution < 1.29 is 22.7 Å². The lowest BCUT2D eigenvalue weighted by Gasteiger charge is -2.34. The van der Waals surface area contributed by atoms with Gasteiger partial charge in [0.2, 0.25) is 10.0 Å². The Balaban J connectivity index is 1.48. The molecule has 1 amide bonds. The third kappa shape index (κ3) is 5.15. The summed E-state index contributed by atoms with van der Waals surface area (Å²) in [6.45, 7) is 4.28. The second-order valence-corrected chi connectivity index (χ2v) is 9.80. The van der Waals surface area contributed by atoms with Crippen LogP contribution in [0.5, 0.6) is 5.75 Å². The molecule has 0 bridgehead atoms. The number of benzene rings is 1. The first-order chi connectivity index (χ1) is 15.5. The number of hydrogen-bond acceptors (Lipinski definition) is 6. The number of methoxy groups -OCH3 is 1. The van der Waals surface area contributed by atoms with Crippen LogP contribution in [-0.2, 0) is 14.8 Å². The summed E-state index contributed by atoms with van der Waals surface area (Å²) in [4.78, 5) is 19.4. The highest BCUT2D eigenvalue weighted by Crippen LogP contribution is 2.24. The number of sulfonamides is 1. The maximum atomic E-state index is 13.0. The number of rotatable bonds is 8. The van der Waals surface area contributed by atoms with E-state index in [0.29, 0.717) is 32.0 Å². The smallest absolute Gasteiger partial charge is 0.270 e. The molecule has 32 heavy (non-hydrogen) atoms. The van der Waals surface area contributed by atoms with Crippen LogP contribution in [0.1, 0.15) is 34.9 Å². The second-order valence-electron chi connectivity index (χ2n) is 8.04. The van der Waals surface area contributed by atoms with Crippen molar-refractivity contribution in [3.8, 4) is 5.75 Å². The predicted octanol–water partition coefficient (Wildman–Crippen LogP) is 1.61. The molecule has 1 atom stereocenters. The number of nitrogens with zero attached hydrogens (tertiary/aromatic N) is 2. The Morgan fingerprint density at radius 2 is 1.84 bits per heavy atom. The van der Waals surface area contributed by atoms with E-state index < -0.39 is 10.0 Å². The first-order valence-corrected chi connectivity index (χ1v) is 12.4. The van der Waals surface area contributed by atoms with Crippen molar-refractivity contribution >= 4 is 15.9 Å². The molecule has 0 saturated carbocycles. The SMILES string of the molecule is COc1ccc(C(CNS(=O)(=O)c2c[nH]c(C(=O)N3CCCC3)c2)N2CCOCC2)cc1. The van der Waals surface area contributed by atoms with Crippen LogP contribution in [0.2, 0.25) is 0 Å². The van der Waals surface area contributed by atoms with Crippen molar-refractivity contribution in [2.24, 2.45) is 0 Å². The van der Waals surface area contributed by atoms with Crippen molar-refractivity contribution in [2.45, 2.75) is 23.8 Å². The zero-order valence-electron chi connectivity index (χ0n) is 18.2. The van der Waals surface area contributed by atoms with Gasteiger partial charge < -0.3 is 19.4 Å². The molecule has 0 radical (unpaired) electrons. The first kappa shape index (κ1) is 22.8. The quantitative estimate of drug-likeness (QED) is 0.618. The van der Waals surface area contributed by atoms with Crippen LogP contribution in [0, 0.1) is 0 Å².